The molecule has 3 heterocycles. The molecule has 4 N–H and O–H groups in total. The Morgan fingerprint density at radius 2 is 2.08 bits per heavy atom. The minimum absolute atomic E-state index is 0.0471. The van der Waals surface area contributed by atoms with Gasteiger partial charge in [0.25, 0.3) is 5.56 Å². The van der Waals surface area contributed by atoms with E-state index in [0.717, 1.165) is 4.57 Å². The average Bonchev–Trinajstić information content (AvgIpc) is 3.42. The first-order chi connectivity index (χ1) is 19.6. The van der Waals surface area contributed by atoms with Crippen LogP contribution >= 0.6 is 19.2 Å². The van der Waals surface area contributed by atoms with Gasteiger partial charge in [0.1, 0.15) is 29.5 Å². The number of carbonyl (C=O) groups excluding carboxylic acids is 1. The molecule has 0 spiro atoms. The van der Waals surface area contributed by atoms with E-state index in [1.54, 1.807) is 32.0 Å². The van der Waals surface area contributed by atoms with Gasteiger partial charge in [-0.2, -0.15) is 4.98 Å². The number of hydrogen-bond acceptors (Lipinski definition) is 10. The predicted molar refractivity (Wildman–Crippen MR) is 145 cm³/mol. The molecule has 1 aliphatic rings. The van der Waals surface area contributed by atoms with Crippen LogP contribution in [-0.4, -0.2) is 68.2 Å². The summed E-state index contributed by atoms with van der Waals surface area (Å²) in [5.74, 6) is -1.99. The zero-order valence-electron chi connectivity index (χ0n) is 23.8. The van der Waals surface area contributed by atoms with E-state index >= 15 is 0 Å². The zero-order chi connectivity index (χ0) is 31.0. The highest BCUT2D eigenvalue weighted by Gasteiger charge is 2.57. The molecule has 40 heavy (non-hydrogen) atoms. The maximum atomic E-state index is 14.5. The van der Waals surface area contributed by atoms with Crippen LogP contribution in [0.4, 0.5) is 10.3 Å². The molecule has 15 heteroatoms. The molecule has 218 valence electrons. The van der Waals surface area contributed by atoms with Gasteiger partial charge < -0.3 is 29.4 Å². The number of esters is 1. The Hall–Kier alpha value is -2.96. The molecule has 12 nitrogen and oxygen atoms in total. The fraction of sp³-hybridized carbons (Fsp3) is 0.480. The molecule has 2 aromatic heterocycles. The number of benzene rings is 1. The monoisotopic (exact) mass is 602 g/mol. The van der Waals surface area contributed by atoms with E-state index in [2.05, 4.69) is 9.97 Å². The summed E-state index contributed by atoms with van der Waals surface area (Å²) in [4.78, 5) is 28.9. The number of rotatable bonds is 11. The van der Waals surface area contributed by atoms with Gasteiger partial charge in [0.2, 0.25) is 5.95 Å². The lowest BCUT2D eigenvalue weighted by Crippen LogP contribution is -2.44. The molecule has 6 atom stereocenters. The molecule has 0 aliphatic carbocycles. The van der Waals surface area contributed by atoms with Gasteiger partial charge >= 0.3 is 13.6 Å². The number of anilines is 1. The fourth-order valence-corrected chi connectivity index (χ4v) is 6.12. The third-order valence-corrected chi connectivity index (χ3v) is 8.45. The molecule has 0 saturated carbocycles. The molecule has 4 rings (SSSR count). The Bertz CT molecular complexity index is 1540. The van der Waals surface area contributed by atoms with Gasteiger partial charge in [-0.1, -0.05) is 25.1 Å². The summed E-state index contributed by atoms with van der Waals surface area (Å²) in [6.07, 6.45) is -5.51. The second-order valence-electron chi connectivity index (χ2n) is 9.62. The van der Waals surface area contributed by atoms with Crippen molar-refractivity contribution in [3.63, 3.8) is 0 Å². The largest absolute Gasteiger partial charge is 0.463 e. The molecular weight excluding hydrogens is 570 g/mol. The molecule has 1 saturated heterocycles. The number of aromatic amines is 1. The number of hydrogen-bond donors (Lipinski definition) is 3. The highest BCUT2D eigenvalue weighted by Crippen LogP contribution is 2.52. The third-order valence-electron chi connectivity index (χ3n) is 6.07. The van der Waals surface area contributed by atoms with Gasteiger partial charge in [0, 0.05) is 6.20 Å². The molecular formula is C25H31ClFN4O8P. The van der Waals surface area contributed by atoms with Gasteiger partial charge in [0.15, 0.2) is 11.9 Å². The maximum Gasteiger partial charge on any atom is 0.380 e. The zero-order valence-corrected chi connectivity index (χ0v) is 23.5. The summed E-state index contributed by atoms with van der Waals surface area (Å²) < 4.78 is 68.9. The van der Waals surface area contributed by atoms with E-state index in [1.165, 1.54) is 31.3 Å². The lowest BCUT2D eigenvalue weighted by molar-refractivity contribution is -0.151. The summed E-state index contributed by atoms with van der Waals surface area (Å²) in [6, 6.07) is 9.06. The quantitative estimate of drug-likeness (QED) is 0.168. The third kappa shape index (κ3) is 6.18. The van der Waals surface area contributed by atoms with Gasteiger partial charge in [-0.15, -0.1) is 11.6 Å². The maximum absolute atomic E-state index is 14.5. The normalized spacial score (nSPS) is 26.2. The van der Waals surface area contributed by atoms with Crippen LogP contribution in [0.25, 0.3) is 11.0 Å². The van der Waals surface area contributed by atoms with Gasteiger partial charge in [-0.05, 0) is 32.0 Å². The fourth-order valence-electron chi connectivity index (χ4n) is 4.13. The van der Waals surface area contributed by atoms with Crippen LogP contribution in [0.2, 0.25) is 0 Å². The van der Waals surface area contributed by atoms with Crippen LogP contribution < -0.4 is 15.8 Å². The summed E-state index contributed by atoms with van der Waals surface area (Å²) in [7, 11) is -4.56. The number of fused-ring (bicyclic) bond motifs is 1. The lowest BCUT2D eigenvalue weighted by Gasteiger charge is -2.28. The smallest absolute Gasteiger partial charge is 0.380 e. The van der Waals surface area contributed by atoms with Crippen LogP contribution in [0.1, 0.15) is 29.7 Å². The van der Waals surface area contributed by atoms with Gasteiger partial charge in [0.05, 0.1) is 32.9 Å². The second-order valence-corrected chi connectivity index (χ2v) is 12.3. The Morgan fingerprint density at radius 1 is 1.38 bits per heavy atom. The number of aromatic nitrogens is 3. The van der Waals surface area contributed by atoms with Crippen molar-refractivity contribution in [2.75, 3.05) is 25.1 Å². The number of alkyl halides is 2. The van der Waals surface area contributed by atoms with E-state index in [0.29, 0.717) is 0 Å². The average molecular weight is 603 g/mol. The molecule has 1 fully saturated rings. The number of nitrogens with one attached hydrogen (secondary N) is 1. The Balaban J connectivity index is 1.68. The van der Waals surface area contributed by atoms with Gasteiger partial charge in [-0.3, -0.25) is 19.1 Å². The van der Waals surface area contributed by atoms with Crippen LogP contribution in [0, 0.1) is 5.92 Å². The molecule has 1 aromatic carbocycles. The SMILES string of the molecule is [2H]C([2H])(O[P@](=O)(C[C@@H](C)C(=O)OC(C)C)Oc1ccccc1)[C@H]1O[C@@H](n2ccc3c(=O)[nH]c(N)nc32)C(Cl)(CF)[C@H]1O. The number of nitrogen functional groups attached to an aromatic ring is 1. The highest BCUT2D eigenvalue weighted by molar-refractivity contribution is 7.54. The Labute approximate surface area is 236 Å². The highest BCUT2D eigenvalue weighted by atomic mass is 35.5. The van der Waals surface area contributed by atoms with E-state index in [4.69, 9.17) is 38.6 Å². The van der Waals surface area contributed by atoms with Crippen molar-refractivity contribution in [2.45, 2.75) is 50.2 Å². The van der Waals surface area contributed by atoms with Crippen molar-refractivity contribution in [2.24, 2.45) is 5.92 Å². The van der Waals surface area contributed by atoms with Crippen molar-refractivity contribution in [1.29, 1.82) is 0 Å². The standard InChI is InChI=1S/C25H31ClFN4O8P/c1-14(2)37-22(34)15(3)12-40(35,39-16-7-5-4-6-8-16)36-11-18-19(32)25(26,13-27)23(38-18)31-10-9-17-20(31)29-24(28)30-21(17)33/h4-10,14-15,18-19,23,32H,11-13H2,1-3H3,(H3,28,29,30,33)/t15-,18-,19+,23-,25?,40-/m1/s1/i11D2. The van der Waals surface area contributed by atoms with Crippen molar-refractivity contribution in [3.05, 3.63) is 52.9 Å². The van der Waals surface area contributed by atoms with Crippen molar-refractivity contribution in [3.8, 4) is 5.75 Å². The van der Waals surface area contributed by atoms with E-state index < -0.39 is 73.9 Å². The number of aliphatic hydroxyl groups excluding tert-OH is 1. The predicted octanol–water partition coefficient (Wildman–Crippen LogP) is 3.39. The van der Waals surface area contributed by atoms with Crippen LogP contribution in [0.3, 0.4) is 0 Å². The molecule has 1 unspecified atom stereocenters. The molecule has 0 bridgehead atoms. The summed E-state index contributed by atoms with van der Waals surface area (Å²) in [6.45, 7) is 0.133. The van der Waals surface area contributed by atoms with E-state index in [9.17, 15) is 23.7 Å². The first-order valence-electron chi connectivity index (χ1n) is 13.3. The van der Waals surface area contributed by atoms with Crippen LogP contribution in [0.5, 0.6) is 5.75 Å². The lowest BCUT2D eigenvalue weighted by atomic mass is 10.0. The number of ether oxygens (including phenoxy) is 2. The number of halogens is 2. The van der Waals surface area contributed by atoms with Crippen LogP contribution in [0.15, 0.2) is 47.4 Å². The number of H-pyrrole nitrogens is 1. The molecule has 0 amide bonds. The first-order valence-corrected chi connectivity index (χ1v) is 14.4. The van der Waals surface area contributed by atoms with Crippen molar-refractivity contribution in [1.82, 2.24) is 14.5 Å². The number of nitrogens with zero attached hydrogens (tertiary/aromatic N) is 2. The number of para-hydroxylation sites is 1. The van der Waals surface area contributed by atoms with Crippen molar-refractivity contribution < 1.29 is 40.1 Å². The second kappa shape index (κ2) is 11.9. The topological polar surface area (TPSA) is 168 Å². The molecule has 3 aromatic rings. The number of nitrogens with two attached hydrogens (primary N) is 1. The minimum atomic E-state index is -4.56. The minimum Gasteiger partial charge on any atom is -0.463 e. The van der Waals surface area contributed by atoms with E-state index in [1.807, 2.05) is 0 Å². The summed E-state index contributed by atoms with van der Waals surface area (Å²) >= 11 is 6.52. The molecule has 1 aliphatic heterocycles. The Morgan fingerprint density at radius 3 is 2.73 bits per heavy atom. The number of carbonyl (C=O) groups is 1. The summed E-state index contributed by atoms with van der Waals surface area (Å²) in [5.41, 5.74) is 4.99. The first kappa shape index (κ1) is 27.2. The summed E-state index contributed by atoms with van der Waals surface area (Å²) in [5, 5.41) is 11.1. The Kier molecular flexibility index (Phi) is 8.08. The molecule has 0 radical (unpaired) electrons. The van der Waals surface area contributed by atoms with Gasteiger partial charge in [-0.25, -0.2) is 8.96 Å². The van der Waals surface area contributed by atoms with Crippen LogP contribution in [-0.2, 0) is 23.4 Å². The number of aliphatic hydroxyl groups is 1. The van der Waals surface area contributed by atoms with Crippen molar-refractivity contribution >= 4 is 42.1 Å². The van der Waals surface area contributed by atoms with E-state index in [-0.39, 0.29) is 22.7 Å².